The molecular weight excluding hydrogens is 530 g/mol. The number of carbonyl (C=O) groups is 1. The lowest BCUT2D eigenvalue weighted by Gasteiger charge is -2.35. The van der Waals surface area contributed by atoms with Crippen LogP contribution in [0.15, 0.2) is 67.1 Å². The topological polar surface area (TPSA) is 108 Å². The Balaban J connectivity index is 1.24. The molecule has 202 valence electrons. The Morgan fingerprint density at radius 3 is 2.58 bits per heavy atom. The molecule has 0 saturated heterocycles. The normalized spacial score (nSPS) is 16.6. The fourth-order valence-corrected chi connectivity index (χ4v) is 4.68. The van der Waals surface area contributed by atoms with Crippen molar-refractivity contribution in [3.05, 3.63) is 90.1 Å². The molecule has 1 N–H and O–H groups in total. The number of amides is 1. The zero-order valence-electron chi connectivity index (χ0n) is 20.5. The third-order valence-corrected chi connectivity index (χ3v) is 6.60. The molecular formula is C27H19F4N7O2. The lowest BCUT2D eigenvalue weighted by atomic mass is 9.79. The molecule has 1 fully saturated rings. The molecule has 9 nitrogen and oxygen atoms in total. The molecule has 1 aliphatic rings. The molecule has 1 saturated carbocycles. The molecule has 1 amide bonds. The number of ether oxygens (including phenoxy) is 1. The van der Waals surface area contributed by atoms with E-state index in [9.17, 15) is 22.4 Å². The first-order valence-electron chi connectivity index (χ1n) is 12.2. The number of carbonyl (C=O) groups excluding carboxylic acids is 1. The van der Waals surface area contributed by atoms with Crippen LogP contribution in [0.25, 0.3) is 28.2 Å². The Labute approximate surface area is 223 Å². The molecule has 0 bridgehead atoms. The number of para-hydroxylation sites is 1. The lowest BCUT2D eigenvalue weighted by Crippen LogP contribution is -2.44. The number of nitrogens with zero attached hydrogens (tertiary/aromatic N) is 6. The smallest absolute Gasteiger partial charge is 0.387 e. The number of hydrogen-bond acceptors (Lipinski definition) is 7. The molecule has 0 unspecified atom stereocenters. The van der Waals surface area contributed by atoms with Crippen molar-refractivity contribution in [2.75, 3.05) is 0 Å². The fourth-order valence-electron chi connectivity index (χ4n) is 4.68. The standard InChI is InChI=1S/C27H19F4N7O2/c28-15-11-21-23(34-12-15)18(7-8-32-21)26(39)35-16-9-14(10-16)24-36-37-25(38(24)22-4-2-1-3-19(22)29)20-6-5-17(13-33-20)40-27(30)31/h1-8,11-14,16,27H,9-10H2,(H,35,39). The second-order valence-electron chi connectivity index (χ2n) is 9.14. The van der Waals surface area contributed by atoms with Gasteiger partial charge in [0, 0.05) is 24.2 Å². The number of benzene rings is 1. The molecule has 1 aromatic carbocycles. The number of aromatic nitrogens is 6. The van der Waals surface area contributed by atoms with Gasteiger partial charge < -0.3 is 10.1 Å². The van der Waals surface area contributed by atoms with Crippen molar-refractivity contribution in [3.63, 3.8) is 0 Å². The van der Waals surface area contributed by atoms with Crippen molar-refractivity contribution in [2.24, 2.45) is 0 Å². The maximum atomic E-state index is 14.9. The van der Waals surface area contributed by atoms with Gasteiger partial charge >= 0.3 is 6.61 Å². The minimum absolute atomic E-state index is 0.129. The van der Waals surface area contributed by atoms with Crippen molar-refractivity contribution in [1.29, 1.82) is 0 Å². The first-order chi connectivity index (χ1) is 19.4. The molecule has 4 aromatic heterocycles. The summed E-state index contributed by atoms with van der Waals surface area (Å²) in [6.45, 7) is -3.00. The van der Waals surface area contributed by atoms with Gasteiger partial charge in [0.25, 0.3) is 5.91 Å². The molecule has 5 aromatic rings. The van der Waals surface area contributed by atoms with E-state index in [0.717, 1.165) is 12.4 Å². The predicted octanol–water partition coefficient (Wildman–Crippen LogP) is 4.83. The van der Waals surface area contributed by atoms with Crippen LogP contribution in [0.3, 0.4) is 0 Å². The molecule has 0 aliphatic heterocycles. The molecule has 40 heavy (non-hydrogen) atoms. The average Bonchev–Trinajstić information content (AvgIpc) is 3.34. The maximum Gasteiger partial charge on any atom is 0.387 e. The second kappa shape index (κ2) is 10.3. The van der Waals surface area contributed by atoms with Gasteiger partial charge in [0.2, 0.25) is 0 Å². The number of halogens is 4. The van der Waals surface area contributed by atoms with Crippen LogP contribution in [0.5, 0.6) is 5.75 Å². The summed E-state index contributed by atoms with van der Waals surface area (Å²) < 4.78 is 59.4. The fraction of sp³-hybridized carbons (Fsp3) is 0.185. The van der Waals surface area contributed by atoms with Crippen molar-refractivity contribution < 1.29 is 27.1 Å². The number of fused-ring (bicyclic) bond motifs is 1. The van der Waals surface area contributed by atoms with E-state index < -0.39 is 18.2 Å². The van der Waals surface area contributed by atoms with Crippen LogP contribution in [-0.2, 0) is 0 Å². The summed E-state index contributed by atoms with van der Waals surface area (Å²) >= 11 is 0. The van der Waals surface area contributed by atoms with Crippen LogP contribution < -0.4 is 10.1 Å². The van der Waals surface area contributed by atoms with Gasteiger partial charge in [-0.2, -0.15) is 8.78 Å². The van der Waals surface area contributed by atoms with Crippen LogP contribution in [0.1, 0.15) is 34.9 Å². The first-order valence-corrected chi connectivity index (χ1v) is 12.2. The largest absolute Gasteiger partial charge is 0.433 e. The van der Waals surface area contributed by atoms with Crippen LogP contribution in [-0.4, -0.2) is 48.3 Å². The Kier molecular flexibility index (Phi) is 6.54. The summed E-state index contributed by atoms with van der Waals surface area (Å²) in [4.78, 5) is 25.2. The summed E-state index contributed by atoms with van der Waals surface area (Å²) in [5.41, 5.74) is 1.31. The molecule has 4 heterocycles. The molecule has 1 aliphatic carbocycles. The van der Waals surface area contributed by atoms with Crippen molar-refractivity contribution in [1.82, 2.24) is 35.0 Å². The summed E-state index contributed by atoms with van der Waals surface area (Å²) in [5.74, 6) is -1.05. The van der Waals surface area contributed by atoms with Gasteiger partial charge in [-0.1, -0.05) is 12.1 Å². The highest BCUT2D eigenvalue weighted by Gasteiger charge is 2.37. The van der Waals surface area contributed by atoms with Crippen LogP contribution >= 0.6 is 0 Å². The van der Waals surface area contributed by atoms with Crippen LogP contribution in [0.4, 0.5) is 17.6 Å². The van der Waals surface area contributed by atoms with Crippen molar-refractivity contribution in [2.45, 2.75) is 31.4 Å². The number of rotatable bonds is 7. The Morgan fingerprint density at radius 2 is 1.82 bits per heavy atom. The van der Waals surface area contributed by atoms with E-state index >= 15 is 0 Å². The zero-order valence-corrected chi connectivity index (χ0v) is 20.5. The summed E-state index contributed by atoms with van der Waals surface area (Å²) in [6.07, 6.45) is 4.57. The monoisotopic (exact) mass is 549 g/mol. The highest BCUT2D eigenvalue weighted by Crippen LogP contribution is 2.39. The zero-order chi connectivity index (χ0) is 27.8. The van der Waals surface area contributed by atoms with Crippen LogP contribution in [0.2, 0.25) is 0 Å². The molecule has 0 radical (unpaired) electrons. The highest BCUT2D eigenvalue weighted by atomic mass is 19.3. The van der Waals surface area contributed by atoms with Gasteiger partial charge in [0.1, 0.15) is 34.4 Å². The summed E-state index contributed by atoms with van der Waals surface area (Å²) in [7, 11) is 0. The van der Waals surface area contributed by atoms with E-state index in [4.69, 9.17) is 0 Å². The highest BCUT2D eigenvalue weighted by molar-refractivity contribution is 6.04. The van der Waals surface area contributed by atoms with E-state index in [-0.39, 0.29) is 51.9 Å². The van der Waals surface area contributed by atoms with E-state index in [1.165, 1.54) is 36.5 Å². The summed E-state index contributed by atoms with van der Waals surface area (Å²) in [5, 5.41) is 11.5. The number of pyridine rings is 3. The maximum absolute atomic E-state index is 14.9. The Bertz CT molecular complexity index is 1710. The van der Waals surface area contributed by atoms with E-state index in [2.05, 4.69) is 35.2 Å². The quantitative estimate of drug-likeness (QED) is 0.290. The van der Waals surface area contributed by atoms with Crippen molar-refractivity contribution in [3.8, 4) is 23.0 Å². The first kappa shape index (κ1) is 25.3. The number of hydrogen-bond donors (Lipinski definition) is 1. The van der Waals surface area contributed by atoms with Gasteiger partial charge in [-0.3, -0.25) is 19.3 Å². The molecule has 6 rings (SSSR count). The minimum atomic E-state index is -3.00. The molecule has 0 spiro atoms. The van der Waals surface area contributed by atoms with Gasteiger partial charge in [-0.05, 0) is 43.2 Å². The minimum Gasteiger partial charge on any atom is -0.433 e. The third kappa shape index (κ3) is 4.81. The lowest BCUT2D eigenvalue weighted by molar-refractivity contribution is -0.0500. The number of alkyl halides is 2. The van der Waals surface area contributed by atoms with Gasteiger partial charge in [0.15, 0.2) is 5.82 Å². The van der Waals surface area contributed by atoms with Gasteiger partial charge in [0.05, 0.1) is 29.2 Å². The molecule has 0 atom stereocenters. The third-order valence-electron chi connectivity index (χ3n) is 6.60. The Hall–Kier alpha value is -4.94. The SMILES string of the molecule is O=C(NC1CC(c2nnc(-c3ccc(OC(F)F)cn3)n2-c2ccccc2F)C1)c1ccnc2cc(F)cnc12. The van der Waals surface area contributed by atoms with Gasteiger partial charge in [-0.25, -0.2) is 13.8 Å². The van der Waals surface area contributed by atoms with Crippen molar-refractivity contribution >= 4 is 16.9 Å². The Morgan fingerprint density at radius 1 is 1.00 bits per heavy atom. The summed E-state index contributed by atoms with van der Waals surface area (Å²) in [6, 6.07) is 11.4. The molecule has 13 heteroatoms. The second-order valence-corrected chi connectivity index (χ2v) is 9.14. The predicted molar refractivity (Wildman–Crippen MR) is 134 cm³/mol. The number of nitrogens with one attached hydrogen (secondary N) is 1. The van der Waals surface area contributed by atoms with E-state index in [1.54, 1.807) is 22.8 Å². The average molecular weight is 549 g/mol. The van der Waals surface area contributed by atoms with Crippen LogP contribution in [0, 0.1) is 11.6 Å². The van der Waals surface area contributed by atoms with E-state index in [1.807, 2.05) is 0 Å². The van der Waals surface area contributed by atoms with Gasteiger partial charge in [-0.15, -0.1) is 10.2 Å². The van der Waals surface area contributed by atoms with E-state index in [0.29, 0.717) is 24.2 Å².